The van der Waals surface area contributed by atoms with Crippen LogP contribution in [0.1, 0.15) is 35.7 Å². The van der Waals surface area contributed by atoms with E-state index in [0.717, 1.165) is 29.0 Å². The van der Waals surface area contributed by atoms with Gasteiger partial charge in [0.25, 0.3) is 5.91 Å². The molecule has 0 radical (unpaired) electrons. The van der Waals surface area contributed by atoms with Gasteiger partial charge in [-0.2, -0.15) is 0 Å². The standard InChI is InChI=1S/C24H23ClN4O2/c1-17(27-24(30)21-8-4-5-14-26-21)23-28-20-7-2-3-9-22(20)29(23)15-6-16-31-19-12-10-18(25)11-13-19/h2-5,7-14,17H,6,15-16H2,1H3,(H,27,30). The smallest absolute Gasteiger partial charge is 0.270 e. The Morgan fingerprint density at radius 2 is 1.87 bits per heavy atom. The summed E-state index contributed by atoms with van der Waals surface area (Å²) >= 11 is 5.92. The van der Waals surface area contributed by atoms with Crippen LogP contribution in [0.4, 0.5) is 0 Å². The Bertz CT molecular complexity index is 1160. The minimum absolute atomic E-state index is 0.224. The van der Waals surface area contributed by atoms with Gasteiger partial charge in [-0.15, -0.1) is 0 Å². The number of pyridine rings is 1. The zero-order valence-corrected chi connectivity index (χ0v) is 17.9. The van der Waals surface area contributed by atoms with Crippen molar-refractivity contribution in [2.75, 3.05) is 6.61 Å². The second-order valence-corrected chi connectivity index (χ2v) is 7.61. The number of halogens is 1. The van der Waals surface area contributed by atoms with Crippen molar-refractivity contribution in [2.24, 2.45) is 0 Å². The van der Waals surface area contributed by atoms with Crippen molar-refractivity contribution in [1.82, 2.24) is 19.9 Å². The molecule has 1 unspecified atom stereocenters. The van der Waals surface area contributed by atoms with Gasteiger partial charge in [-0.05, 0) is 61.9 Å². The third kappa shape index (κ3) is 5.03. The SMILES string of the molecule is CC(NC(=O)c1ccccn1)c1nc2ccccc2n1CCCOc1ccc(Cl)cc1. The number of aryl methyl sites for hydroxylation is 1. The first-order valence-electron chi connectivity index (χ1n) is 10.2. The second kappa shape index (κ2) is 9.62. The first kappa shape index (κ1) is 20.9. The van der Waals surface area contributed by atoms with Gasteiger partial charge in [-0.25, -0.2) is 4.98 Å². The van der Waals surface area contributed by atoms with Crippen LogP contribution in [0.5, 0.6) is 5.75 Å². The molecule has 2 aromatic heterocycles. The molecule has 6 nitrogen and oxygen atoms in total. The molecule has 0 aliphatic rings. The fourth-order valence-corrected chi connectivity index (χ4v) is 3.56. The van der Waals surface area contributed by atoms with Crippen molar-refractivity contribution >= 4 is 28.5 Å². The van der Waals surface area contributed by atoms with Gasteiger partial charge in [-0.1, -0.05) is 29.8 Å². The molecule has 31 heavy (non-hydrogen) atoms. The molecule has 0 spiro atoms. The zero-order valence-electron chi connectivity index (χ0n) is 17.2. The number of nitrogens with zero attached hydrogens (tertiary/aromatic N) is 3. The van der Waals surface area contributed by atoms with Crippen LogP contribution in [0.3, 0.4) is 0 Å². The van der Waals surface area contributed by atoms with Gasteiger partial charge >= 0.3 is 0 Å². The predicted octanol–water partition coefficient (Wildman–Crippen LogP) is 5.04. The minimum Gasteiger partial charge on any atom is -0.494 e. The van der Waals surface area contributed by atoms with Crippen molar-refractivity contribution in [3.63, 3.8) is 0 Å². The summed E-state index contributed by atoms with van der Waals surface area (Å²) in [5, 5.41) is 3.69. The molecule has 1 N–H and O–H groups in total. The monoisotopic (exact) mass is 434 g/mol. The first-order valence-corrected chi connectivity index (χ1v) is 10.5. The van der Waals surface area contributed by atoms with E-state index < -0.39 is 0 Å². The van der Waals surface area contributed by atoms with E-state index >= 15 is 0 Å². The molecule has 0 saturated heterocycles. The summed E-state index contributed by atoms with van der Waals surface area (Å²) in [6.07, 6.45) is 2.40. The van der Waals surface area contributed by atoms with Crippen LogP contribution in [0.15, 0.2) is 72.9 Å². The lowest BCUT2D eigenvalue weighted by Crippen LogP contribution is -2.29. The highest BCUT2D eigenvalue weighted by molar-refractivity contribution is 6.30. The molecule has 1 atom stereocenters. The van der Waals surface area contributed by atoms with E-state index in [4.69, 9.17) is 21.3 Å². The molecule has 0 aliphatic heterocycles. The van der Waals surface area contributed by atoms with E-state index in [-0.39, 0.29) is 11.9 Å². The largest absolute Gasteiger partial charge is 0.494 e. The molecular formula is C24H23ClN4O2. The normalized spacial score (nSPS) is 11.9. The van der Waals surface area contributed by atoms with Gasteiger partial charge in [0.1, 0.15) is 17.3 Å². The number of carbonyl (C=O) groups is 1. The highest BCUT2D eigenvalue weighted by Gasteiger charge is 2.19. The fourth-order valence-electron chi connectivity index (χ4n) is 3.44. The maximum Gasteiger partial charge on any atom is 0.270 e. The summed E-state index contributed by atoms with van der Waals surface area (Å²) in [7, 11) is 0. The number of hydrogen-bond donors (Lipinski definition) is 1. The number of amides is 1. The molecule has 2 aromatic carbocycles. The van der Waals surface area contributed by atoms with E-state index in [9.17, 15) is 4.79 Å². The molecule has 4 rings (SSSR count). The summed E-state index contributed by atoms with van der Waals surface area (Å²) in [4.78, 5) is 21.5. The number of ether oxygens (including phenoxy) is 1. The number of para-hydroxylation sites is 2. The lowest BCUT2D eigenvalue weighted by Gasteiger charge is -2.16. The number of nitrogens with one attached hydrogen (secondary N) is 1. The van der Waals surface area contributed by atoms with Crippen molar-refractivity contribution in [1.29, 1.82) is 0 Å². The molecule has 4 aromatic rings. The quantitative estimate of drug-likeness (QED) is 0.394. The van der Waals surface area contributed by atoms with Gasteiger partial charge in [0, 0.05) is 17.8 Å². The Morgan fingerprint density at radius 3 is 2.65 bits per heavy atom. The maximum absolute atomic E-state index is 12.6. The van der Waals surface area contributed by atoms with Crippen LogP contribution < -0.4 is 10.1 Å². The summed E-state index contributed by atoms with van der Waals surface area (Å²) < 4.78 is 7.97. The molecular weight excluding hydrogens is 412 g/mol. The second-order valence-electron chi connectivity index (χ2n) is 7.18. The Kier molecular flexibility index (Phi) is 6.48. The zero-order chi connectivity index (χ0) is 21.6. The Hall–Kier alpha value is -3.38. The molecule has 7 heteroatoms. The van der Waals surface area contributed by atoms with Crippen molar-refractivity contribution in [3.8, 4) is 5.75 Å². The average molecular weight is 435 g/mol. The van der Waals surface area contributed by atoms with Crippen LogP contribution in [0.25, 0.3) is 11.0 Å². The number of hydrogen-bond acceptors (Lipinski definition) is 4. The Labute approximate surface area is 185 Å². The van der Waals surface area contributed by atoms with Crippen LogP contribution >= 0.6 is 11.6 Å². The van der Waals surface area contributed by atoms with Crippen LogP contribution in [0.2, 0.25) is 5.02 Å². The maximum atomic E-state index is 12.6. The van der Waals surface area contributed by atoms with E-state index in [2.05, 4.69) is 14.9 Å². The number of aromatic nitrogens is 3. The molecule has 0 saturated carbocycles. The third-order valence-corrected chi connectivity index (χ3v) is 5.18. The van der Waals surface area contributed by atoms with E-state index in [0.29, 0.717) is 23.9 Å². The van der Waals surface area contributed by atoms with E-state index in [1.165, 1.54) is 0 Å². The van der Waals surface area contributed by atoms with E-state index in [1.54, 1.807) is 24.4 Å². The predicted molar refractivity (Wildman–Crippen MR) is 121 cm³/mol. The Morgan fingerprint density at radius 1 is 1.10 bits per heavy atom. The first-order chi connectivity index (χ1) is 15.1. The Balaban J connectivity index is 1.47. The number of imidazole rings is 1. The highest BCUT2D eigenvalue weighted by Crippen LogP contribution is 2.22. The molecule has 0 fully saturated rings. The summed E-state index contributed by atoms with van der Waals surface area (Å²) in [6, 6.07) is 20.3. The average Bonchev–Trinajstić information content (AvgIpc) is 3.17. The van der Waals surface area contributed by atoms with Crippen molar-refractivity contribution in [2.45, 2.75) is 25.9 Å². The van der Waals surface area contributed by atoms with Gasteiger partial charge in [0.05, 0.1) is 23.7 Å². The minimum atomic E-state index is -0.279. The van der Waals surface area contributed by atoms with Crippen molar-refractivity contribution < 1.29 is 9.53 Å². The van der Waals surface area contributed by atoms with Crippen LogP contribution in [0, 0.1) is 0 Å². The lowest BCUT2D eigenvalue weighted by molar-refractivity contribution is 0.0932. The lowest BCUT2D eigenvalue weighted by atomic mass is 10.2. The van der Waals surface area contributed by atoms with Crippen LogP contribution in [-0.2, 0) is 6.54 Å². The van der Waals surface area contributed by atoms with Gasteiger partial charge < -0.3 is 14.6 Å². The summed E-state index contributed by atoms with van der Waals surface area (Å²) in [6.45, 7) is 3.21. The van der Waals surface area contributed by atoms with Crippen molar-refractivity contribution in [3.05, 3.63) is 89.5 Å². The topological polar surface area (TPSA) is 69.0 Å². The molecule has 1 amide bonds. The third-order valence-electron chi connectivity index (χ3n) is 4.92. The molecule has 158 valence electrons. The van der Waals surface area contributed by atoms with Gasteiger partial charge in [0.15, 0.2) is 0 Å². The molecule has 0 bridgehead atoms. The molecule has 2 heterocycles. The van der Waals surface area contributed by atoms with Gasteiger partial charge in [0.2, 0.25) is 0 Å². The molecule has 0 aliphatic carbocycles. The number of rotatable bonds is 8. The van der Waals surface area contributed by atoms with Crippen LogP contribution in [-0.4, -0.2) is 27.0 Å². The number of fused-ring (bicyclic) bond motifs is 1. The summed E-state index contributed by atoms with van der Waals surface area (Å²) in [5.41, 5.74) is 2.31. The fraction of sp³-hybridized carbons (Fsp3) is 0.208. The summed E-state index contributed by atoms with van der Waals surface area (Å²) in [5.74, 6) is 1.37. The van der Waals surface area contributed by atoms with Gasteiger partial charge in [-0.3, -0.25) is 9.78 Å². The number of carbonyl (C=O) groups excluding carboxylic acids is 1. The van der Waals surface area contributed by atoms with E-state index in [1.807, 2.05) is 55.5 Å². The number of benzene rings is 2. The highest BCUT2D eigenvalue weighted by atomic mass is 35.5.